The smallest absolute Gasteiger partial charge is 0.255 e. The number of benzene rings is 1. The van der Waals surface area contributed by atoms with E-state index in [0.29, 0.717) is 25.1 Å². The number of amides is 3. The third-order valence-electron chi connectivity index (χ3n) is 6.39. The van der Waals surface area contributed by atoms with E-state index in [-0.39, 0.29) is 29.7 Å². The third kappa shape index (κ3) is 3.04. The van der Waals surface area contributed by atoms with Crippen LogP contribution in [0.2, 0.25) is 0 Å². The predicted molar refractivity (Wildman–Crippen MR) is 99.6 cm³/mol. The highest BCUT2D eigenvalue weighted by Gasteiger charge is 2.41. The summed E-state index contributed by atoms with van der Waals surface area (Å²) in [6, 6.07) is 5.24. The number of hydrogen-bond donors (Lipinski definition) is 2. The van der Waals surface area contributed by atoms with Crippen LogP contribution >= 0.6 is 0 Å². The number of nitrogens with one attached hydrogen (secondary N) is 1. The van der Waals surface area contributed by atoms with E-state index in [1.165, 1.54) is 0 Å². The van der Waals surface area contributed by atoms with Gasteiger partial charge in [-0.1, -0.05) is 12.1 Å². The summed E-state index contributed by atoms with van der Waals surface area (Å²) in [5, 5.41) is 2.35. The molecule has 2 atom stereocenters. The number of fused-ring (bicyclic) bond motifs is 1. The number of nitrogens with zero attached hydrogens (tertiary/aromatic N) is 2. The predicted octanol–water partition coefficient (Wildman–Crippen LogP) is 0.761. The number of rotatable bonds is 4. The van der Waals surface area contributed by atoms with Crippen LogP contribution in [-0.4, -0.2) is 52.2 Å². The summed E-state index contributed by atoms with van der Waals surface area (Å²) in [5.41, 5.74) is 8.80. The summed E-state index contributed by atoms with van der Waals surface area (Å²) in [7, 11) is 0. The molecule has 3 heterocycles. The maximum atomic E-state index is 12.9. The van der Waals surface area contributed by atoms with Crippen LogP contribution in [0.25, 0.3) is 0 Å². The number of hydrogen-bond acceptors (Lipinski definition) is 5. The zero-order chi connectivity index (χ0) is 19.2. The van der Waals surface area contributed by atoms with Gasteiger partial charge in [0.05, 0.1) is 0 Å². The Morgan fingerprint density at radius 1 is 1.30 bits per heavy atom. The summed E-state index contributed by atoms with van der Waals surface area (Å²) in [6.45, 7) is 4.99. The molecule has 2 unspecified atom stereocenters. The van der Waals surface area contributed by atoms with Crippen LogP contribution in [-0.2, 0) is 22.7 Å². The van der Waals surface area contributed by atoms with Gasteiger partial charge < -0.3 is 10.6 Å². The number of piperidine rings is 1. The van der Waals surface area contributed by atoms with E-state index in [2.05, 4.69) is 23.2 Å². The molecule has 0 bridgehead atoms. The van der Waals surface area contributed by atoms with Gasteiger partial charge in [0.15, 0.2) is 0 Å². The molecule has 2 saturated heterocycles. The Morgan fingerprint density at radius 3 is 2.85 bits per heavy atom. The lowest BCUT2D eigenvalue weighted by Crippen LogP contribution is -2.52. The van der Waals surface area contributed by atoms with Gasteiger partial charge in [-0.15, -0.1) is 0 Å². The minimum atomic E-state index is -0.573. The highest BCUT2D eigenvalue weighted by Crippen LogP contribution is 2.34. The quantitative estimate of drug-likeness (QED) is 0.763. The van der Waals surface area contributed by atoms with Crippen LogP contribution < -0.4 is 11.1 Å². The van der Waals surface area contributed by atoms with Crippen LogP contribution in [0, 0.1) is 0 Å². The molecule has 3 aliphatic rings. The Kier molecular flexibility index (Phi) is 4.52. The van der Waals surface area contributed by atoms with Crippen LogP contribution in [0.5, 0.6) is 0 Å². The fourth-order valence-electron chi connectivity index (χ4n) is 4.58. The lowest BCUT2D eigenvalue weighted by atomic mass is 9.97. The maximum Gasteiger partial charge on any atom is 0.255 e. The van der Waals surface area contributed by atoms with Crippen molar-refractivity contribution in [2.45, 2.75) is 57.3 Å². The van der Waals surface area contributed by atoms with Gasteiger partial charge >= 0.3 is 0 Å². The van der Waals surface area contributed by atoms with Crippen molar-refractivity contribution in [3.05, 3.63) is 34.9 Å². The molecule has 0 aromatic heterocycles. The number of carbonyl (C=O) groups is 3. The first-order chi connectivity index (χ1) is 12.9. The first-order valence-corrected chi connectivity index (χ1v) is 9.63. The number of likely N-dealkylation sites (tertiary alicyclic amines) is 1. The van der Waals surface area contributed by atoms with Crippen molar-refractivity contribution in [1.29, 1.82) is 0 Å². The molecule has 0 saturated carbocycles. The molecule has 3 amide bonds. The second-order valence-corrected chi connectivity index (χ2v) is 8.07. The monoisotopic (exact) mass is 370 g/mol. The van der Waals surface area contributed by atoms with Gasteiger partial charge in [-0.2, -0.15) is 0 Å². The Hall–Kier alpha value is -2.25. The van der Waals surface area contributed by atoms with Gasteiger partial charge in [0.25, 0.3) is 5.91 Å². The molecule has 0 aliphatic carbocycles. The van der Waals surface area contributed by atoms with E-state index in [9.17, 15) is 14.4 Å². The summed E-state index contributed by atoms with van der Waals surface area (Å²) in [4.78, 5) is 40.6. The van der Waals surface area contributed by atoms with E-state index >= 15 is 0 Å². The highest BCUT2D eigenvalue weighted by molar-refractivity contribution is 6.05. The lowest BCUT2D eigenvalue weighted by molar-refractivity contribution is -0.136. The molecule has 4 rings (SSSR count). The van der Waals surface area contributed by atoms with E-state index in [0.717, 1.165) is 37.1 Å². The lowest BCUT2D eigenvalue weighted by Gasteiger charge is -2.34. The van der Waals surface area contributed by atoms with Crippen molar-refractivity contribution < 1.29 is 14.4 Å². The van der Waals surface area contributed by atoms with Crippen molar-refractivity contribution in [2.24, 2.45) is 5.73 Å². The van der Waals surface area contributed by atoms with Crippen LogP contribution in [0.15, 0.2) is 18.2 Å². The minimum Gasteiger partial charge on any atom is -0.329 e. The topological polar surface area (TPSA) is 95.7 Å². The normalized spacial score (nSPS) is 28.6. The van der Waals surface area contributed by atoms with Crippen molar-refractivity contribution in [1.82, 2.24) is 15.1 Å². The molecular weight excluding hydrogens is 344 g/mol. The Balaban J connectivity index is 1.58. The Labute approximate surface area is 158 Å². The summed E-state index contributed by atoms with van der Waals surface area (Å²) in [5.74, 6) is -0.759. The SMILES string of the molecule is CC1(CN)CCCN1Cc1cccc2c1CN(C1CCC(=O)NC1=O)C2=O. The van der Waals surface area contributed by atoms with Gasteiger partial charge in [0.1, 0.15) is 6.04 Å². The molecule has 144 valence electrons. The van der Waals surface area contributed by atoms with Crippen LogP contribution in [0.4, 0.5) is 0 Å². The second kappa shape index (κ2) is 6.73. The average molecular weight is 370 g/mol. The maximum absolute atomic E-state index is 12.9. The molecule has 1 aromatic rings. The van der Waals surface area contributed by atoms with Gasteiger partial charge in [-0.05, 0) is 49.9 Å². The Bertz CT molecular complexity index is 808. The van der Waals surface area contributed by atoms with Gasteiger partial charge in [-0.25, -0.2) is 0 Å². The number of carbonyl (C=O) groups excluding carboxylic acids is 3. The van der Waals surface area contributed by atoms with Crippen molar-refractivity contribution >= 4 is 17.7 Å². The first kappa shape index (κ1) is 18.1. The summed E-state index contributed by atoms with van der Waals surface area (Å²) >= 11 is 0. The molecule has 27 heavy (non-hydrogen) atoms. The molecule has 0 radical (unpaired) electrons. The molecule has 2 fully saturated rings. The van der Waals surface area contributed by atoms with Crippen LogP contribution in [0.1, 0.15) is 54.1 Å². The van der Waals surface area contributed by atoms with Crippen molar-refractivity contribution in [2.75, 3.05) is 13.1 Å². The molecule has 0 spiro atoms. The van der Waals surface area contributed by atoms with Gasteiger partial charge in [0.2, 0.25) is 11.8 Å². The second-order valence-electron chi connectivity index (χ2n) is 8.07. The number of nitrogens with two attached hydrogens (primary N) is 1. The summed E-state index contributed by atoms with van der Waals surface area (Å²) in [6.07, 6.45) is 2.87. The third-order valence-corrected chi connectivity index (χ3v) is 6.39. The van der Waals surface area contributed by atoms with E-state index in [1.807, 2.05) is 12.1 Å². The zero-order valence-electron chi connectivity index (χ0n) is 15.7. The van der Waals surface area contributed by atoms with Crippen molar-refractivity contribution in [3.63, 3.8) is 0 Å². The number of imide groups is 1. The van der Waals surface area contributed by atoms with Crippen molar-refractivity contribution in [3.8, 4) is 0 Å². The molecule has 7 nitrogen and oxygen atoms in total. The van der Waals surface area contributed by atoms with E-state index in [1.54, 1.807) is 4.90 Å². The Morgan fingerprint density at radius 2 is 2.11 bits per heavy atom. The largest absolute Gasteiger partial charge is 0.329 e. The molecule has 3 N–H and O–H groups in total. The molecular formula is C20H26N4O3. The summed E-state index contributed by atoms with van der Waals surface area (Å²) < 4.78 is 0. The van der Waals surface area contributed by atoms with Crippen LogP contribution in [0.3, 0.4) is 0 Å². The van der Waals surface area contributed by atoms with Gasteiger partial charge in [0, 0.05) is 37.2 Å². The minimum absolute atomic E-state index is 0.00532. The van der Waals surface area contributed by atoms with E-state index < -0.39 is 6.04 Å². The zero-order valence-corrected chi connectivity index (χ0v) is 15.7. The molecule has 7 heteroatoms. The standard InChI is InChI=1S/C20H26N4O3/c1-20(12-21)8-3-9-23(20)10-13-4-2-5-14-15(13)11-24(19(14)27)16-6-7-17(25)22-18(16)26/h2,4-5,16H,3,6-12,21H2,1H3,(H,22,25,26). The molecule has 3 aliphatic heterocycles. The highest BCUT2D eigenvalue weighted by atomic mass is 16.2. The fourth-order valence-corrected chi connectivity index (χ4v) is 4.58. The van der Waals surface area contributed by atoms with Gasteiger partial charge in [-0.3, -0.25) is 24.6 Å². The average Bonchev–Trinajstić information content (AvgIpc) is 3.17. The van der Waals surface area contributed by atoms with E-state index in [4.69, 9.17) is 5.73 Å². The fraction of sp³-hybridized carbons (Fsp3) is 0.550. The first-order valence-electron chi connectivity index (χ1n) is 9.63. The molecule has 1 aromatic carbocycles.